The minimum Gasteiger partial charge on any atom is -0.677 e. The topological polar surface area (TPSA) is 47.6 Å². The smallest absolute Gasteiger partial charge is 0.677 e. The molecule has 0 saturated heterocycles. The molecule has 3 heteroatoms. The van der Waals surface area contributed by atoms with Crippen LogP contribution in [0.15, 0.2) is 0 Å². The van der Waals surface area contributed by atoms with Crippen LogP contribution in [-0.2, 0) is 0 Å². The van der Waals surface area contributed by atoms with Crippen LogP contribution < -0.4 is 0 Å². The summed E-state index contributed by atoms with van der Waals surface area (Å²) in [6.45, 7) is 5.59. The van der Waals surface area contributed by atoms with E-state index in [1.165, 1.54) is 38.5 Å². The van der Waals surface area contributed by atoms with Crippen molar-refractivity contribution in [3.63, 3.8) is 0 Å². The van der Waals surface area contributed by atoms with Gasteiger partial charge in [0.05, 0.1) is 0 Å². The molecule has 0 spiro atoms. The van der Waals surface area contributed by atoms with Crippen LogP contribution in [0.5, 0.6) is 0 Å². The average Bonchev–Trinajstić information content (AvgIpc) is 2.21. The van der Waals surface area contributed by atoms with Gasteiger partial charge in [-0.15, -0.1) is 0 Å². The molecule has 0 aromatic heterocycles. The summed E-state index contributed by atoms with van der Waals surface area (Å²) in [6.07, 6.45) is 9.85. The number of hydrogen-bond donors (Lipinski definition) is 0. The molecular weight excluding hydrogens is 212 g/mol. The quantitative estimate of drug-likeness (QED) is 0.430. The third-order valence-corrected chi connectivity index (χ3v) is 2.06. The van der Waals surface area contributed by atoms with Crippen molar-refractivity contribution in [2.45, 2.75) is 65.2 Å². The summed E-state index contributed by atoms with van der Waals surface area (Å²) < 4.78 is 0. The Morgan fingerprint density at radius 3 is 1.13 bits per heavy atom. The van der Waals surface area contributed by atoms with Crippen molar-refractivity contribution < 1.29 is 0 Å². The van der Waals surface area contributed by atoms with Crippen molar-refractivity contribution in [2.24, 2.45) is 0 Å². The van der Waals surface area contributed by atoms with Gasteiger partial charge in [0.1, 0.15) is 0 Å². The van der Waals surface area contributed by atoms with Gasteiger partial charge in [0.25, 0.3) is 0 Å². The van der Waals surface area contributed by atoms with Crippen LogP contribution in [0.3, 0.4) is 0 Å². The fraction of sp³-hybridized carbons (Fsp3) is 1.00. The van der Waals surface area contributed by atoms with Gasteiger partial charge in [-0.2, -0.15) is 13.1 Å². The monoisotopic (exact) mass is 240 g/mol. The molecule has 0 fully saturated rings. The SMILES string of the molecule is CCCCCC[NH-].CCCCCC[NH-].[Ca+2]. The Kier molecular flexibility index (Phi) is 34.9. The molecule has 0 aliphatic heterocycles. The Bertz CT molecular complexity index is 62.0. The van der Waals surface area contributed by atoms with Gasteiger partial charge in [0.15, 0.2) is 0 Å². The van der Waals surface area contributed by atoms with Gasteiger partial charge in [0, 0.05) is 0 Å². The van der Waals surface area contributed by atoms with Crippen LogP contribution in [0.4, 0.5) is 0 Å². The average molecular weight is 240 g/mol. The normalized spacial score (nSPS) is 8.80. The minimum atomic E-state index is 0. The summed E-state index contributed by atoms with van der Waals surface area (Å²) in [7, 11) is 0. The van der Waals surface area contributed by atoms with E-state index < -0.39 is 0 Å². The molecule has 0 aromatic carbocycles. The third-order valence-electron chi connectivity index (χ3n) is 2.06. The fourth-order valence-electron chi connectivity index (χ4n) is 1.10. The number of hydrogen-bond acceptors (Lipinski definition) is 0. The first-order valence-electron chi connectivity index (χ1n) is 6.12. The Balaban J connectivity index is -0.000000180. The molecule has 0 unspecified atom stereocenters. The maximum absolute atomic E-state index is 6.78. The zero-order chi connectivity index (χ0) is 11.1. The maximum Gasteiger partial charge on any atom is 2.00 e. The second-order valence-corrected chi connectivity index (χ2v) is 3.62. The zero-order valence-electron chi connectivity index (χ0n) is 10.8. The van der Waals surface area contributed by atoms with Gasteiger partial charge in [-0.05, 0) is 0 Å². The Hall–Kier alpha value is 1.18. The molecule has 88 valence electrons. The zero-order valence-corrected chi connectivity index (χ0v) is 13.0. The van der Waals surface area contributed by atoms with E-state index in [9.17, 15) is 0 Å². The predicted octanol–water partition coefficient (Wildman–Crippen LogP) is 4.86. The van der Waals surface area contributed by atoms with Crippen molar-refractivity contribution in [3.05, 3.63) is 11.5 Å². The van der Waals surface area contributed by atoms with Gasteiger partial charge in [-0.25, -0.2) is 0 Å². The Morgan fingerprint density at radius 1 is 0.600 bits per heavy atom. The van der Waals surface area contributed by atoms with Gasteiger partial charge < -0.3 is 11.5 Å². The van der Waals surface area contributed by atoms with Crippen molar-refractivity contribution in [2.75, 3.05) is 13.1 Å². The van der Waals surface area contributed by atoms with Crippen molar-refractivity contribution in [1.82, 2.24) is 0 Å². The molecule has 15 heavy (non-hydrogen) atoms. The van der Waals surface area contributed by atoms with Gasteiger partial charge >= 0.3 is 37.7 Å². The molecule has 0 aromatic rings. The molecule has 0 rings (SSSR count). The van der Waals surface area contributed by atoms with E-state index >= 15 is 0 Å². The van der Waals surface area contributed by atoms with Crippen LogP contribution in [0.25, 0.3) is 11.5 Å². The van der Waals surface area contributed by atoms with Gasteiger partial charge in [-0.1, -0.05) is 65.2 Å². The summed E-state index contributed by atoms with van der Waals surface area (Å²) in [4.78, 5) is 0. The molecular formula is C12H28CaN2. The number of unbranched alkanes of at least 4 members (excludes halogenated alkanes) is 6. The van der Waals surface area contributed by atoms with E-state index in [1.54, 1.807) is 0 Å². The molecule has 2 nitrogen and oxygen atoms in total. The van der Waals surface area contributed by atoms with Crippen molar-refractivity contribution >= 4 is 37.7 Å². The minimum absolute atomic E-state index is 0. The first-order chi connectivity index (χ1) is 6.83. The van der Waals surface area contributed by atoms with E-state index in [-0.39, 0.29) is 37.7 Å². The van der Waals surface area contributed by atoms with E-state index in [0.29, 0.717) is 13.1 Å². The molecule has 0 saturated carbocycles. The van der Waals surface area contributed by atoms with Crippen LogP contribution in [0.1, 0.15) is 65.2 Å². The first kappa shape index (κ1) is 21.5. The Labute approximate surface area is 127 Å². The van der Waals surface area contributed by atoms with Crippen LogP contribution in [0.2, 0.25) is 0 Å². The van der Waals surface area contributed by atoms with E-state index in [4.69, 9.17) is 11.5 Å². The molecule has 2 N–H and O–H groups in total. The maximum atomic E-state index is 6.78. The molecule has 0 aliphatic rings. The van der Waals surface area contributed by atoms with Crippen molar-refractivity contribution in [1.29, 1.82) is 0 Å². The van der Waals surface area contributed by atoms with E-state index in [0.717, 1.165) is 12.8 Å². The fourth-order valence-corrected chi connectivity index (χ4v) is 1.10. The third kappa shape index (κ3) is 31.3. The summed E-state index contributed by atoms with van der Waals surface area (Å²) in [6, 6.07) is 0. The van der Waals surface area contributed by atoms with Crippen LogP contribution >= 0.6 is 0 Å². The second kappa shape index (κ2) is 24.4. The summed E-state index contributed by atoms with van der Waals surface area (Å²) in [5, 5.41) is 0. The second-order valence-electron chi connectivity index (χ2n) is 3.62. The van der Waals surface area contributed by atoms with Crippen molar-refractivity contribution in [3.8, 4) is 0 Å². The summed E-state index contributed by atoms with van der Waals surface area (Å²) in [5.41, 5.74) is 13.6. The van der Waals surface area contributed by atoms with Gasteiger partial charge in [-0.3, -0.25) is 0 Å². The molecule has 0 heterocycles. The summed E-state index contributed by atoms with van der Waals surface area (Å²) in [5.74, 6) is 0. The Morgan fingerprint density at radius 2 is 0.933 bits per heavy atom. The summed E-state index contributed by atoms with van der Waals surface area (Å²) >= 11 is 0. The molecule has 0 aliphatic carbocycles. The first-order valence-corrected chi connectivity index (χ1v) is 6.12. The van der Waals surface area contributed by atoms with Gasteiger partial charge in [0.2, 0.25) is 0 Å². The number of nitrogens with one attached hydrogen (secondary N) is 2. The molecule has 0 radical (unpaired) electrons. The molecule has 0 amide bonds. The van der Waals surface area contributed by atoms with E-state index in [2.05, 4.69) is 13.8 Å². The van der Waals surface area contributed by atoms with Crippen LogP contribution in [-0.4, -0.2) is 50.8 Å². The number of rotatable bonds is 8. The van der Waals surface area contributed by atoms with Crippen LogP contribution in [0, 0.1) is 0 Å². The largest absolute Gasteiger partial charge is 2.00 e. The molecule has 0 atom stereocenters. The van der Waals surface area contributed by atoms with E-state index in [1.807, 2.05) is 0 Å². The standard InChI is InChI=1S/2C6H14N.Ca/c2*1-2-3-4-5-6-7;/h2*7H,2-6H2,1H3;/q2*-1;+2. The predicted molar refractivity (Wildman–Crippen MR) is 72.4 cm³/mol. The molecule has 0 bridgehead atoms.